The summed E-state index contributed by atoms with van der Waals surface area (Å²) < 4.78 is 18.8. The molecule has 1 aliphatic heterocycles. The Labute approximate surface area is 168 Å². The third-order valence-electron chi connectivity index (χ3n) is 4.55. The molecular weight excluding hydrogens is 373 g/mol. The van der Waals surface area contributed by atoms with E-state index in [0.29, 0.717) is 23.5 Å². The van der Waals surface area contributed by atoms with Crippen LogP contribution >= 0.6 is 0 Å². The number of Topliss-reactive ketones (excluding diaryl/α,β-unsaturated/α-hetero) is 1. The van der Waals surface area contributed by atoms with E-state index in [0.717, 1.165) is 0 Å². The summed E-state index contributed by atoms with van der Waals surface area (Å²) in [6.45, 7) is 7.65. The molecule has 0 spiro atoms. The smallest absolute Gasteiger partial charge is 0.295 e. The Balaban J connectivity index is 2.08. The van der Waals surface area contributed by atoms with Gasteiger partial charge in [0, 0.05) is 12.1 Å². The van der Waals surface area contributed by atoms with Crippen molar-refractivity contribution in [2.24, 2.45) is 0 Å². The standard InChI is InChI=1S/C23H20FNO4/c1-3-13-25-20(15-5-9-17(24)10-6-15)19(22(27)23(25)28)21(26)16-7-11-18(12-8-16)29-14-4-2/h3-12,20,26H,1-2,13-14H2/t20-/m1/s1. The Morgan fingerprint density at radius 1 is 1.07 bits per heavy atom. The Kier molecular flexibility index (Phi) is 5.93. The van der Waals surface area contributed by atoms with Crippen LogP contribution in [-0.2, 0) is 9.59 Å². The van der Waals surface area contributed by atoms with Gasteiger partial charge < -0.3 is 14.7 Å². The Hall–Kier alpha value is -3.67. The molecule has 0 unspecified atom stereocenters. The van der Waals surface area contributed by atoms with Gasteiger partial charge in [0.1, 0.15) is 23.9 Å². The minimum absolute atomic E-state index is 0.0526. The molecule has 1 amide bonds. The second kappa shape index (κ2) is 8.56. The molecule has 3 rings (SSSR count). The topological polar surface area (TPSA) is 66.8 Å². The minimum Gasteiger partial charge on any atom is -0.507 e. The number of amides is 1. The van der Waals surface area contributed by atoms with Crippen LogP contribution in [0.5, 0.6) is 5.75 Å². The van der Waals surface area contributed by atoms with Crippen molar-refractivity contribution < 1.29 is 23.8 Å². The maximum atomic E-state index is 13.4. The minimum atomic E-state index is -0.842. The van der Waals surface area contributed by atoms with Gasteiger partial charge in [0.15, 0.2) is 0 Å². The van der Waals surface area contributed by atoms with E-state index in [4.69, 9.17) is 4.74 Å². The third-order valence-corrected chi connectivity index (χ3v) is 4.55. The van der Waals surface area contributed by atoms with Crippen molar-refractivity contribution in [3.05, 3.63) is 96.4 Å². The number of ether oxygens (including phenoxy) is 1. The van der Waals surface area contributed by atoms with Crippen LogP contribution in [0.3, 0.4) is 0 Å². The van der Waals surface area contributed by atoms with Crippen molar-refractivity contribution in [2.45, 2.75) is 6.04 Å². The number of ketones is 1. The predicted molar refractivity (Wildman–Crippen MR) is 108 cm³/mol. The molecule has 0 aliphatic carbocycles. The van der Waals surface area contributed by atoms with Crippen molar-refractivity contribution in [3.8, 4) is 5.75 Å². The Morgan fingerprint density at radius 2 is 1.72 bits per heavy atom. The van der Waals surface area contributed by atoms with E-state index in [9.17, 15) is 19.1 Å². The normalized spacial score (nSPS) is 18.0. The molecule has 6 heteroatoms. The molecule has 1 fully saturated rings. The van der Waals surface area contributed by atoms with E-state index in [-0.39, 0.29) is 17.9 Å². The number of carbonyl (C=O) groups is 2. The Bertz CT molecular complexity index is 977. The predicted octanol–water partition coefficient (Wildman–Crippen LogP) is 4.00. The molecule has 1 N–H and O–H groups in total. The zero-order chi connectivity index (χ0) is 21.0. The van der Waals surface area contributed by atoms with E-state index in [1.54, 1.807) is 30.3 Å². The summed E-state index contributed by atoms with van der Waals surface area (Å²) in [6, 6.07) is 11.1. The lowest BCUT2D eigenvalue weighted by molar-refractivity contribution is -0.139. The first kappa shape index (κ1) is 20.1. The van der Waals surface area contributed by atoms with Crippen LogP contribution in [0.2, 0.25) is 0 Å². The monoisotopic (exact) mass is 393 g/mol. The molecule has 1 saturated heterocycles. The van der Waals surface area contributed by atoms with Gasteiger partial charge in [0.25, 0.3) is 11.7 Å². The van der Waals surface area contributed by atoms with Gasteiger partial charge in [-0.15, -0.1) is 6.58 Å². The number of halogens is 1. The first-order chi connectivity index (χ1) is 14.0. The van der Waals surface area contributed by atoms with Gasteiger partial charge in [-0.2, -0.15) is 0 Å². The van der Waals surface area contributed by atoms with Crippen LogP contribution in [0.15, 0.2) is 79.4 Å². The molecule has 1 atom stereocenters. The van der Waals surface area contributed by atoms with Crippen molar-refractivity contribution in [3.63, 3.8) is 0 Å². The first-order valence-corrected chi connectivity index (χ1v) is 8.96. The van der Waals surface area contributed by atoms with Gasteiger partial charge in [0.2, 0.25) is 0 Å². The zero-order valence-electron chi connectivity index (χ0n) is 15.7. The summed E-state index contributed by atoms with van der Waals surface area (Å²) in [5.41, 5.74) is 0.822. The lowest BCUT2D eigenvalue weighted by Crippen LogP contribution is -2.29. The molecule has 2 aromatic rings. The number of benzene rings is 2. The van der Waals surface area contributed by atoms with Crippen molar-refractivity contribution >= 4 is 17.4 Å². The zero-order valence-corrected chi connectivity index (χ0v) is 15.7. The number of rotatable bonds is 7. The number of aliphatic hydroxyl groups excluding tert-OH is 1. The largest absolute Gasteiger partial charge is 0.507 e. The molecule has 0 bridgehead atoms. The number of nitrogens with zero attached hydrogens (tertiary/aromatic N) is 1. The van der Waals surface area contributed by atoms with Gasteiger partial charge in [-0.3, -0.25) is 9.59 Å². The first-order valence-electron chi connectivity index (χ1n) is 8.96. The SMILES string of the molecule is C=CCOc1ccc(C(O)=C2C(=O)C(=O)N(CC=C)[C@@H]2c2ccc(F)cc2)cc1. The lowest BCUT2D eigenvalue weighted by Gasteiger charge is -2.24. The van der Waals surface area contributed by atoms with Crippen molar-refractivity contribution in [2.75, 3.05) is 13.2 Å². The number of aliphatic hydroxyl groups is 1. The van der Waals surface area contributed by atoms with Gasteiger partial charge in [-0.25, -0.2) is 4.39 Å². The molecule has 1 aliphatic rings. The highest BCUT2D eigenvalue weighted by molar-refractivity contribution is 6.46. The number of hydrogen-bond donors (Lipinski definition) is 1. The highest BCUT2D eigenvalue weighted by Gasteiger charge is 2.45. The fourth-order valence-corrected chi connectivity index (χ4v) is 3.22. The van der Waals surface area contributed by atoms with Crippen molar-refractivity contribution in [1.29, 1.82) is 0 Å². The molecule has 0 saturated carbocycles. The summed E-state index contributed by atoms with van der Waals surface area (Å²) in [5, 5.41) is 10.9. The van der Waals surface area contributed by atoms with Gasteiger partial charge in [0.05, 0.1) is 11.6 Å². The van der Waals surface area contributed by atoms with Crippen LogP contribution in [0, 0.1) is 5.82 Å². The molecular formula is C23H20FNO4. The second-order valence-corrected chi connectivity index (χ2v) is 6.42. The fraction of sp³-hybridized carbons (Fsp3) is 0.130. The Morgan fingerprint density at radius 3 is 2.31 bits per heavy atom. The average Bonchev–Trinajstić information content (AvgIpc) is 2.98. The van der Waals surface area contributed by atoms with Crippen LogP contribution in [-0.4, -0.2) is 34.8 Å². The van der Waals surface area contributed by atoms with Crippen molar-refractivity contribution in [1.82, 2.24) is 4.90 Å². The highest BCUT2D eigenvalue weighted by Crippen LogP contribution is 2.39. The molecule has 1 heterocycles. The average molecular weight is 393 g/mol. The number of likely N-dealkylation sites (tertiary alicyclic amines) is 1. The lowest BCUT2D eigenvalue weighted by atomic mass is 9.95. The van der Waals surface area contributed by atoms with E-state index >= 15 is 0 Å². The fourth-order valence-electron chi connectivity index (χ4n) is 3.22. The van der Waals surface area contributed by atoms with Crippen LogP contribution in [0.1, 0.15) is 17.2 Å². The van der Waals surface area contributed by atoms with Gasteiger partial charge in [-0.05, 0) is 42.0 Å². The number of hydrogen-bond acceptors (Lipinski definition) is 4. The van der Waals surface area contributed by atoms with Crippen LogP contribution < -0.4 is 4.74 Å². The third kappa shape index (κ3) is 3.96. The molecule has 0 radical (unpaired) electrons. The molecule has 0 aromatic heterocycles. The highest BCUT2D eigenvalue weighted by atomic mass is 19.1. The quantitative estimate of drug-likeness (QED) is 0.334. The van der Waals surface area contributed by atoms with Crippen LogP contribution in [0.25, 0.3) is 5.76 Å². The maximum Gasteiger partial charge on any atom is 0.295 e. The summed E-state index contributed by atoms with van der Waals surface area (Å²) in [6.07, 6.45) is 3.10. The van der Waals surface area contributed by atoms with Crippen LogP contribution in [0.4, 0.5) is 4.39 Å². The summed E-state index contributed by atoms with van der Waals surface area (Å²) in [7, 11) is 0. The molecule has 2 aromatic carbocycles. The maximum absolute atomic E-state index is 13.4. The van der Waals surface area contributed by atoms with E-state index in [1.807, 2.05) is 0 Å². The van der Waals surface area contributed by atoms with E-state index in [2.05, 4.69) is 13.2 Å². The summed E-state index contributed by atoms with van der Waals surface area (Å²) in [5.74, 6) is -1.72. The molecule has 29 heavy (non-hydrogen) atoms. The molecule has 148 valence electrons. The van der Waals surface area contributed by atoms with Gasteiger partial charge in [-0.1, -0.05) is 30.9 Å². The summed E-state index contributed by atoms with van der Waals surface area (Å²) >= 11 is 0. The summed E-state index contributed by atoms with van der Waals surface area (Å²) in [4.78, 5) is 26.6. The van der Waals surface area contributed by atoms with E-state index < -0.39 is 23.5 Å². The van der Waals surface area contributed by atoms with E-state index in [1.165, 1.54) is 35.2 Å². The number of carbonyl (C=O) groups excluding carboxylic acids is 2. The molecule has 5 nitrogen and oxygen atoms in total. The van der Waals surface area contributed by atoms with Gasteiger partial charge >= 0.3 is 0 Å². The second-order valence-electron chi connectivity index (χ2n) is 6.42.